The first-order chi connectivity index (χ1) is 14.1. The highest BCUT2D eigenvalue weighted by Crippen LogP contribution is 2.29. The number of rotatable bonds is 9. The summed E-state index contributed by atoms with van der Waals surface area (Å²) in [5.74, 6) is 1.88. The molecule has 1 saturated heterocycles. The number of thioether (sulfide) groups is 1. The highest BCUT2D eigenvalue weighted by Gasteiger charge is 2.21. The number of carbonyl (C=O) groups is 1. The average molecular weight is 428 g/mol. The highest BCUT2D eigenvalue weighted by atomic mass is 32.2. The van der Waals surface area contributed by atoms with Gasteiger partial charge in [0.2, 0.25) is 0 Å². The van der Waals surface area contributed by atoms with Gasteiger partial charge in [-0.25, -0.2) is 0 Å². The van der Waals surface area contributed by atoms with Gasteiger partial charge in [0, 0.05) is 0 Å². The molecule has 7 heteroatoms. The van der Waals surface area contributed by atoms with E-state index in [4.69, 9.17) is 26.4 Å². The number of hydrogen-bond donors (Lipinski definition) is 1. The van der Waals surface area contributed by atoms with E-state index < -0.39 is 0 Å². The van der Waals surface area contributed by atoms with Crippen LogP contribution < -0.4 is 19.5 Å². The predicted molar refractivity (Wildman–Crippen MR) is 121 cm³/mol. The van der Waals surface area contributed by atoms with Crippen LogP contribution in [0.1, 0.15) is 11.1 Å². The number of carbonyl (C=O) groups excluding carboxylic acids is 1. The minimum absolute atomic E-state index is 0.173. The third kappa shape index (κ3) is 5.85. The van der Waals surface area contributed by atoms with Crippen molar-refractivity contribution in [3.63, 3.8) is 0 Å². The fourth-order valence-corrected chi connectivity index (χ4v) is 3.75. The Balaban J connectivity index is 1.55. The van der Waals surface area contributed by atoms with E-state index in [2.05, 4.69) is 11.9 Å². The third-order valence-electron chi connectivity index (χ3n) is 4.02. The second-order valence-electron chi connectivity index (χ2n) is 6.10. The molecular formula is C22H21NO4S2. The van der Waals surface area contributed by atoms with Crippen molar-refractivity contribution in [2.24, 2.45) is 0 Å². The first-order valence-electron chi connectivity index (χ1n) is 8.97. The van der Waals surface area contributed by atoms with Crippen LogP contribution in [0.15, 0.2) is 60.0 Å². The summed E-state index contributed by atoms with van der Waals surface area (Å²) in [4.78, 5) is 12.4. The minimum Gasteiger partial charge on any atom is -0.493 e. The molecule has 1 fully saturated rings. The van der Waals surface area contributed by atoms with Gasteiger partial charge in [-0.2, -0.15) is 0 Å². The van der Waals surface area contributed by atoms with E-state index in [0.29, 0.717) is 39.7 Å². The highest BCUT2D eigenvalue weighted by molar-refractivity contribution is 8.26. The SMILES string of the molecule is C=CCc1ccc(OCCOc2cccc(C=C3SC(=S)NC3=O)c2)c(OC)c1. The lowest BCUT2D eigenvalue weighted by Crippen LogP contribution is -2.17. The largest absolute Gasteiger partial charge is 0.493 e. The monoisotopic (exact) mass is 427 g/mol. The first kappa shape index (κ1) is 21.0. The van der Waals surface area contributed by atoms with Crippen LogP contribution in [0.25, 0.3) is 6.08 Å². The van der Waals surface area contributed by atoms with E-state index in [0.717, 1.165) is 17.5 Å². The maximum atomic E-state index is 11.8. The van der Waals surface area contributed by atoms with E-state index >= 15 is 0 Å². The molecule has 1 N–H and O–H groups in total. The van der Waals surface area contributed by atoms with Crippen LogP contribution in [0.5, 0.6) is 17.2 Å². The molecule has 29 heavy (non-hydrogen) atoms. The zero-order chi connectivity index (χ0) is 20.6. The molecule has 0 spiro atoms. The van der Waals surface area contributed by atoms with Gasteiger partial charge in [-0.1, -0.05) is 48.3 Å². The van der Waals surface area contributed by atoms with Crippen LogP contribution in [0, 0.1) is 0 Å². The molecule has 150 valence electrons. The van der Waals surface area contributed by atoms with Crippen molar-refractivity contribution < 1.29 is 19.0 Å². The van der Waals surface area contributed by atoms with Crippen LogP contribution in [0.2, 0.25) is 0 Å². The Bertz CT molecular complexity index is 956. The number of allylic oxidation sites excluding steroid dienone is 1. The summed E-state index contributed by atoms with van der Waals surface area (Å²) in [5, 5.41) is 2.60. The van der Waals surface area contributed by atoms with Crippen LogP contribution >= 0.6 is 24.0 Å². The summed E-state index contributed by atoms with van der Waals surface area (Å²) in [6, 6.07) is 13.3. The Hall–Kier alpha value is -2.77. The standard InChI is InChI=1S/C22H21NO4S2/c1-3-5-15-8-9-18(19(13-15)25-2)27-11-10-26-17-7-4-6-16(12-17)14-20-21(24)23-22(28)29-20/h3-4,6-9,12-14H,1,5,10-11H2,2H3,(H,23,24,28). The van der Waals surface area contributed by atoms with E-state index in [1.165, 1.54) is 11.8 Å². The Morgan fingerprint density at radius 1 is 1.14 bits per heavy atom. The Kier molecular flexibility index (Phi) is 7.32. The first-order valence-corrected chi connectivity index (χ1v) is 10.2. The molecular weight excluding hydrogens is 406 g/mol. The molecule has 0 aliphatic carbocycles. The summed E-state index contributed by atoms with van der Waals surface area (Å²) in [6.45, 7) is 4.49. The van der Waals surface area contributed by atoms with Gasteiger partial charge in [-0.15, -0.1) is 6.58 Å². The number of methoxy groups -OCH3 is 1. The molecule has 0 radical (unpaired) electrons. The van der Waals surface area contributed by atoms with Crippen molar-refractivity contribution in [2.45, 2.75) is 6.42 Å². The molecule has 1 amide bonds. The van der Waals surface area contributed by atoms with Crippen molar-refractivity contribution >= 4 is 40.3 Å². The molecule has 5 nitrogen and oxygen atoms in total. The van der Waals surface area contributed by atoms with Gasteiger partial charge >= 0.3 is 0 Å². The molecule has 0 saturated carbocycles. The fraction of sp³-hybridized carbons (Fsp3) is 0.182. The molecule has 0 bridgehead atoms. The summed E-state index contributed by atoms with van der Waals surface area (Å²) in [6.07, 6.45) is 4.41. The third-order valence-corrected chi connectivity index (χ3v) is 5.18. The topological polar surface area (TPSA) is 56.8 Å². The van der Waals surface area contributed by atoms with Crippen LogP contribution in [-0.2, 0) is 11.2 Å². The zero-order valence-corrected chi connectivity index (χ0v) is 17.6. The molecule has 2 aromatic carbocycles. The van der Waals surface area contributed by atoms with Gasteiger partial charge in [0.15, 0.2) is 11.5 Å². The number of benzene rings is 2. The van der Waals surface area contributed by atoms with Crippen LogP contribution in [0.4, 0.5) is 0 Å². The van der Waals surface area contributed by atoms with E-state index in [9.17, 15) is 4.79 Å². The second kappa shape index (κ2) is 10.1. The van der Waals surface area contributed by atoms with Gasteiger partial charge in [-0.05, 0) is 47.9 Å². The number of thiocarbonyl (C=S) groups is 1. The van der Waals surface area contributed by atoms with E-state index in [1.807, 2.05) is 48.5 Å². The molecule has 0 unspecified atom stereocenters. The smallest absolute Gasteiger partial charge is 0.263 e. The van der Waals surface area contributed by atoms with Crippen LogP contribution in [-0.4, -0.2) is 30.6 Å². The van der Waals surface area contributed by atoms with Gasteiger partial charge < -0.3 is 19.5 Å². The van der Waals surface area contributed by atoms with Crippen molar-refractivity contribution in [2.75, 3.05) is 20.3 Å². The zero-order valence-electron chi connectivity index (χ0n) is 16.0. The normalized spacial score (nSPS) is 14.6. The lowest BCUT2D eigenvalue weighted by atomic mass is 10.1. The molecule has 2 aromatic rings. The van der Waals surface area contributed by atoms with Crippen molar-refractivity contribution in [1.29, 1.82) is 0 Å². The van der Waals surface area contributed by atoms with Crippen molar-refractivity contribution in [1.82, 2.24) is 5.32 Å². The van der Waals surface area contributed by atoms with Gasteiger partial charge in [0.25, 0.3) is 5.91 Å². The minimum atomic E-state index is -0.173. The van der Waals surface area contributed by atoms with Gasteiger partial charge in [0.05, 0.1) is 12.0 Å². The summed E-state index contributed by atoms with van der Waals surface area (Å²) < 4.78 is 17.4. The van der Waals surface area contributed by atoms with E-state index in [-0.39, 0.29) is 5.91 Å². The molecule has 0 atom stereocenters. The lowest BCUT2D eigenvalue weighted by molar-refractivity contribution is -0.115. The Morgan fingerprint density at radius 2 is 1.97 bits per heavy atom. The van der Waals surface area contributed by atoms with Gasteiger partial charge in [0.1, 0.15) is 23.3 Å². The number of hydrogen-bond acceptors (Lipinski definition) is 6. The van der Waals surface area contributed by atoms with Gasteiger partial charge in [-0.3, -0.25) is 4.79 Å². The quantitative estimate of drug-likeness (QED) is 0.278. The number of nitrogens with one attached hydrogen (secondary N) is 1. The van der Waals surface area contributed by atoms with Crippen molar-refractivity contribution in [3.05, 3.63) is 71.2 Å². The maximum absolute atomic E-state index is 11.8. The lowest BCUT2D eigenvalue weighted by Gasteiger charge is -2.12. The molecule has 1 aliphatic rings. The number of ether oxygens (including phenoxy) is 3. The van der Waals surface area contributed by atoms with Crippen molar-refractivity contribution in [3.8, 4) is 17.2 Å². The number of amides is 1. The average Bonchev–Trinajstić information content (AvgIpc) is 3.03. The van der Waals surface area contributed by atoms with E-state index in [1.54, 1.807) is 13.2 Å². The summed E-state index contributed by atoms with van der Waals surface area (Å²) in [5.41, 5.74) is 1.98. The fourth-order valence-electron chi connectivity index (χ4n) is 2.70. The Labute approximate surface area is 179 Å². The molecule has 3 rings (SSSR count). The molecule has 1 heterocycles. The maximum Gasteiger partial charge on any atom is 0.263 e. The molecule has 1 aliphatic heterocycles. The Morgan fingerprint density at radius 3 is 2.69 bits per heavy atom. The molecule has 0 aromatic heterocycles. The van der Waals surface area contributed by atoms with Crippen LogP contribution in [0.3, 0.4) is 0 Å². The second-order valence-corrected chi connectivity index (χ2v) is 7.82. The summed E-state index contributed by atoms with van der Waals surface area (Å²) >= 11 is 6.26. The predicted octanol–water partition coefficient (Wildman–Crippen LogP) is 4.37. The summed E-state index contributed by atoms with van der Waals surface area (Å²) in [7, 11) is 1.62.